The van der Waals surface area contributed by atoms with Crippen LogP contribution < -0.4 is 10.0 Å². The summed E-state index contributed by atoms with van der Waals surface area (Å²) in [5.74, 6) is 0.847. The lowest BCUT2D eigenvalue weighted by molar-refractivity contribution is 0.361. The van der Waals surface area contributed by atoms with Gasteiger partial charge in [0.25, 0.3) is 0 Å². The van der Waals surface area contributed by atoms with Gasteiger partial charge in [-0.15, -0.1) is 0 Å². The quantitative estimate of drug-likeness (QED) is 0.892. The topological polar surface area (TPSA) is 58.2 Å². The zero-order valence-electron chi connectivity index (χ0n) is 11.5. The summed E-state index contributed by atoms with van der Waals surface area (Å²) in [4.78, 5) is 0. The number of rotatable bonds is 4. The van der Waals surface area contributed by atoms with Crippen molar-refractivity contribution in [3.05, 3.63) is 24.3 Å². The van der Waals surface area contributed by atoms with Gasteiger partial charge in [-0.05, 0) is 55.9 Å². The first kappa shape index (κ1) is 14.2. The number of benzene rings is 1. The maximum atomic E-state index is 11.1. The number of hydrogen-bond donors (Lipinski definition) is 2. The van der Waals surface area contributed by atoms with Crippen LogP contribution in [-0.4, -0.2) is 20.7 Å². The Kier molecular flexibility index (Phi) is 4.34. The van der Waals surface area contributed by atoms with Gasteiger partial charge >= 0.3 is 0 Å². The minimum atomic E-state index is -3.19. The van der Waals surface area contributed by atoms with Crippen molar-refractivity contribution < 1.29 is 8.42 Å². The predicted octanol–water partition coefficient (Wildman–Crippen LogP) is 3.05. The molecule has 1 aliphatic carbocycles. The molecule has 1 fully saturated rings. The van der Waals surface area contributed by atoms with Gasteiger partial charge < -0.3 is 5.32 Å². The normalized spacial score (nSPS) is 23.9. The molecule has 1 aromatic carbocycles. The third-order valence-corrected chi connectivity index (χ3v) is 4.18. The van der Waals surface area contributed by atoms with E-state index in [9.17, 15) is 8.42 Å². The van der Waals surface area contributed by atoms with Gasteiger partial charge in [-0.1, -0.05) is 6.92 Å². The lowest BCUT2D eigenvalue weighted by atomic mass is 9.87. The van der Waals surface area contributed by atoms with E-state index < -0.39 is 10.0 Å². The highest BCUT2D eigenvalue weighted by Gasteiger charge is 2.17. The van der Waals surface area contributed by atoms with E-state index in [-0.39, 0.29) is 0 Å². The Bertz CT molecular complexity index is 503. The molecule has 0 bridgehead atoms. The summed E-state index contributed by atoms with van der Waals surface area (Å²) in [7, 11) is -3.19. The van der Waals surface area contributed by atoms with Crippen molar-refractivity contribution in [2.45, 2.75) is 38.6 Å². The molecule has 0 aromatic heterocycles. The van der Waals surface area contributed by atoms with Crippen molar-refractivity contribution in [3.8, 4) is 0 Å². The molecule has 1 aromatic rings. The summed E-state index contributed by atoms with van der Waals surface area (Å²) < 4.78 is 24.7. The Morgan fingerprint density at radius 2 is 1.53 bits per heavy atom. The number of sulfonamides is 1. The van der Waals surface area contributed by atoms with E-state index >= 15 is 0 Å². The molecule has 19 heavy (non-hydrogen) atoms. The highest BCUT2D eigenvalue weighted by atomic mass is 32.2. The molecule has 5 heteroatoms. The van der Waals surface area contributed by atoms with Gasteiger partial charge in [-0.25, -0.2) is 8.42 Å². The largest absolute Gasteiger partial charge is 0.382 e. The van der Waals surface area contributed by atoms with Crippen molar-refractivity contribution >= 4 is 21.4 Å². The van der Waals surface area contributed by atoms with Gasteiger partial charge in [0.1, 0.15) is 0 Å². The van der Waals surface area contributed by atoms with Crippen LogP contribution in [0.5, 0.6) is 0 Å². The Labute approximate surface area is 115 Å². The van der Waals surface area contributed by atoms with Crippen molar-refractivity contribution in [3.63, 3.8) is 0 Å². The predicted molar refractivity (Wildman–Crippen MR) is 80.0 cm³/mol. The smallest absolute Gasteiger partial charge is 0.229 e. The van der Waals surface area contributed by atoms with E-state index in [4.69, 9.17) is 0 Å². The molecule has 0 atom stereocenters. The van der Waals surface area contributed by atoms with Gasteiger partial charge in [0, 0.05) is 17.4 Å². The van der Waals surface area contributed by atoms with Crippen LogP contribution in [0.1, 0.15) is 32.6 Å². The van der Waals surface area contributed by atoms with E-state index in [1.807, 2.05) is 12.1 Å². The number of nitrogens with one attached hydrogen (secondary N) is 2. The van der Waals surface area contributed by atoms with Crippen LogP contribution >= 0.6 is 0 Å². The fourth-order valence-electron chi connectivity index (χ4n) is 2.49. The first-order valence-corrected chi connectivity index (χ1v) is 8.66. The van der Waals surface area contributed by atoms with Crippen LogP contribution in [0.4, 0.5) is 11.4 Å². The second-order valence-electron chi connectivity index (χ2n) is 5.55. The minimum Gasteiger partial charge on any atom is -0.382 e. The van der Waals surface area contributed by atoms with Gasteiger partial charge in [0.05, 0.1) is 6.26 Å². The molecule has 1 aliphatic rings. The van der Waals surface area contributed by atoms with Crippen molar-refractivity contribution in [1.82, 2.24) is 0 Å². The van der Waals surface area contributed by atoms with Crippen molar-refractivity contribution in [2.24, 2.45) is 5.92 Å². The summed E-state index contributed by atoms with van der Waals surface area (Å²) in [6.45, 7) is 2.31. The zero-order valence-corrected chi connectivity index (χ0v) is 12.3. The molecule has 0 unspecified atom stereocenters. The molecule has 0 saturated heterocycles. The number of hydrogen-bond acceptors (Lipinski definition) is 3. The maximum absolute atomic E-state index is 11.1. The zero-order chi connectivity index (χ0) is 13.9. The number of anilines is 2. The molecule has 0 radical (unpaired) electrons. The standard InChI is InChI=1S/C14H22N2O2S/c1-11-3-5-12(6-4-11)15-13-7-9-14(10-8-13)16-19(2,17)18/h7-12,15-16H,3-6H2,1-2H3. The highest BCUT2D eigenvalue weighted by Crippen LogP contribution is 2.26. The van der Waals surface area contributed by atoms with E-state index in [0.29, 0.717) is 11.7 Å². The van der Waals surface area contributed by atoms with Crippen LogP contribution in [0.25, 0.3) is 0 Å². The lowest BCUT2D eigenvalue weighted by Gasteiger charge is -2.27. The van der Waals surface area contributed by atoms with E-state index in [1.54, 1.807) is 12.1 Å². The SMILES string of the molecule is CC1CCC(Nc2ccc(NS(C)(=O)=O)cc2)CC1. The molecule has 106 valence electrons. The summed E-state index contributed by atoms with van der Waals surface area (Å²) in [5, 5.41) is 3.51. The summed E-state index contributed by atoms with van der Waals surface area (Å²) in [6, 6.07) is 7.96. The fourth-order valence-corrected chi connectivity index (χ4v) is 3.05. The summed E-state index contributed by atoms with van der Waals surface area (Å²) in [6.07, 6.45) is 6.15. The summed E-state index contributed by atoms with van der Waals surface area (Å²) in [5.41, 5.74) is 1.66. The molecule has 4 nitrogen and oxygen atoms in total. The third kappa shape index (κ3) is 4.74. The van der Waals surface area contributed by atoms with Gasteiger partial charge in [0.2, 0.25) is 10.0 Å². The molecular formula is C14H22N2O2S. The molecule has 0 spiro atoms. The Morgan fingerprint density at radius 1 is 1.00 bits per heavy atom. The van der Waals surface area contributed by atoms with Crippen LogP contribution in [-0.2, 0) is 10.0 Å². The molecule has 2 N–H and O–H groups in total. The monoisotopic (exact) mass is 282 g/mol. The highest BCUT2D eigenvalue weighted by molar-refractivity contribution is 7.92. The van der Waals surface area contributed by atoms with Crippen molar-refractivity contribution in [2.75, 3.05) is 16.3 Å². The van der Waals surface area contributed by atoms with Crippen LogP contribution in [0, 0.1) is 5.92 Å². The maximum Gasteiger partial charge on any atom is 0.229 e. The van der Waals surface area contributed by atoms with Crippen molar-refractivity contribution in [1.29, 1.82) is 0 Å². The van der Waals surface area contributed by atoms with E-state index in [1.165, 1.54) is 25.7 Å². The van der Waals surface area contributed by atoms with E-state index in [0.717, 1.165) is 17.9 Å². The summed E-state index contributed by atoms with van der Waals surface area (Å²) >= 11 is 0. The first-order valence-electron chi connectivity index (χ1n) is 6.77. The second kappa shape index (κ2) is 5.82. The molecule has 2 rings (SSSR count). The van der Waals surface area contributed by atoms with Gasteiger partial charge in [-0.2, -0.15) is 0 Å². The second-order valence-corrected chi connectivity index (χ2v) is 7.30. The Hall–Kier alpha value is -1.23. The van der Waals surface area contributed by atoms with Crippen LogP contribution in [0.2, 0.25) is 0 Å². The fraction of sp³-hybridized carbons (Fsp3) is 0.571. The molecule has 1 saturated carbocycles. The first-order chi connectivity index (χ1) is 8.92. The average molecular weight is 282 g/mol. The van der Waals surface area contributed by atoms with Crippen LogP contribution in [0.15, 0.2) is 24.3 Å². The lowest BCUT2D eigenvalue weighted by Crippen LogP contribution is -2.25. The Morgan fingerprint density at radius 3 is 2.05 bits per heavy atom. The van der Waals surface area contributed by atoms with E-state index in [2.05, 4.69) is 17.0 Å². The average Bonchev–Trinajstić information content (AvgIpc) is 2.33. The minimum absolute atomic E-state index is 0.546. The molecule has 0 aliphatic heterocycles. The molecule has 0 heterocycles. The molecule has 0 amide bonds. The van der Waals surface area contributed by atoms with Gasteiger partial charge in [-0.3, -0.25) is 4.72 Å². The molecular weight excluding hydrogens is 260 g/mol. The Balaban J connectivity index is 1.92. The third-order valence-electron chi connectivity index (χ3n) is 3.57. The van der Waals surface area contributed by atoms with Crippen LogP contribution in [0.3, 0.4) is 0 Å². The van der Waals surface area contributed by atoms with Gasteiger partial charge in [0.15, 0.2) is 0 Å².